The Morgan fingerprint density at radius 2 is 2.37 bits per heavy atom. The molecule has 0 saturated carbocycles. The molecule has 3 nitrogen and oxygen atoms in total. The lowest BCUT2D eigenvalue weighted by Gasteiger charge is -2.10. The zero-order chi connectivity index (χ0) is 13.7. The van der Waals surface area contributed by atoms with Crippen LogP contribution in [0.25, 0.3) is 0 Å². The molecule has 1 aliphatic heterocycles. The number of benzene rings is 1. The van der Waals surface area contributed by atoms with E-state index in [0.717, 1.165) is 23.9 Å². The van der Waals surface area contributed by atoms with E-state index in [9.17, 15) is 9.18 Å². The van der Waals surface area contributed by atoms with Gasteiger partial charge >= 0.3 is 0 Å². The molecule has 0 aliphatic carbocycles. The van der Waals surface area contributed by atoms with E-state index >= 15 is 0 Å². The fraction of sp³-hybridized carbons (Fsp3) is 0.500. The summed E-state index contributed by atoms with van der Waals surface area (Å²) in [6.45, 7) is 1.20. The predicted molar refractivity (Wildman–Crippen MR) is 74.4 cm³/mol. The van der Waals surface area contributed by atoms with Crippen molar-refractivity contribution in [2.24, 2.45) is 0 Å². The Labute approximate surface area is 120 Å². The first-order valence-electron chi connectivity index (χ1n) is 6.47. The second kappa shape index (κ2) is 7.01. The van der Waals surface area contributed by atoms with E-state index in [-0.39, 0.29) is 17.8 Å². The van der Waals surface area contributed by atoms with Gasteiger partial charge in [-0.2, -0.15) is 0 Å². The van der Waals surface area contributed by atoms with Crippen molar-refractivity contribution >= 4 is 21.8 Å². The average molecular weight is 330 g/mol. The molecule has 19 heavy (non-hydrogen) atoms. The molecule has 0 bridgehead atoms. The molecule has 5 heteroatoms. The summed E-state index contributed by atoms with van der Waals surface area (Å²) in [5.74, 6) is -0.271. The van der Waals surface area contributed by atoms with Gasteiger partial charge in [0.15, 0.2) is 0 Å². The van der Waals surface area contributed by atoms with Gasteiger partial charge < -0.3 is 10.1 Å². The third kappa shape index (κ3) is 4.58. The normalized spacial score (nSPS) is 18.5. The third-order valence-electron chi connectivity index (χ3n) is 3.17. The number of carbonyl (C=O) groups is 1. The van der Waals surface area contributed by atoms with E-state index in [1.807, 2.05) is 0 Å². The lowest BCUT2D eigenvalue weighted by molar-refractivity contribution is -0.123. The minimum Gasteiger partial charge on any atom is -0.378 e. The molecule has 1 aliphatic rings. The number of nitrogens with one attached hydrogen (secondary N) is 1. The van der Waals surface area contributed by atoms with Crippen molar-refractivity contribution in [3.8, 4) is 0 Å². The maximum absolute atomic E-state index is 13.5. The van der Waals surface area contributed by atoms with E-state index in [1.165, 1.54) is 6.07 Å². The van der Waals surface area contributed by atoms with Gasteiger partial charge in [-0.1, -0.05) is 22.0 Å². The van der Waals surface area contributed by atoms with Crippen molar-refractivity contribution in [2.45, 2.75) is 31.8 Å². The highest BCUT2D eigenvalue weighted by atomic mass is 79.9. The van der Waals surface area contributed by atoms with Crippen molar-refractivity contribution in [3.05, 3.63) is 34.1 Å². The van der Waals surface area contributed by atoms with Crippen LogP contribution in [0.1, 0.15) is 24.8 Å². The van der Waals surface area contributed by atoms with Crippen LogP contribution in [0, 0.1) is 5.82 Å². The Morgan fingerprint density at radius 1 is 1.53 bits per heavy atom. The van der Waals surface area contributed by atoms with Gasteiger partial charge in [-0.05, 0) is 37.0 Å². The van der Waals surface area contributed by atoms with Gasteiger partial charge in [0.1, 0.15) is 5.82 Å². The zero-order valence-electron chi connectivity index (χ0n) is 10.6. The Kier molecular flexibility index (Phi) is 5.34. The third-order valence-corrected chi connectivity index (χ3v) is 3.66. The summed E-state index contributed by atoms with van der Waals surface area (Å²) in [5.41, 5.74) is 0.612. The summed E-state index contributed by atoms with van der Waals surface area (Å²) >= 11 is 3.21. The van der Waals surface area contributed by atoms with Crippen LogP contribution in [-0.4, -0.2) is 25.2 Å². The molecule has 1 N–H and O–H groups in total. The molecule has 1 aromatic rings. The van der Waals surface area contributed by atoms with Crippen LogP contribution < -0.4 is 5.32 Å². The van der Waals surface area contributed by atoms with Crippen LogP contribution in [0.3, 0.4) is 0 Å². The van der Waals surface area contributed by atoms with Crippen molar-refractivity contribution < 1.29 is 13.9 Å². The smallest absolute Gasteiger partial charge is 0.222 e. The number of hydrogen-bond donors (Lipinski definition) is 1. The van der Waals surface area contributed by atoms with E-state index in [2.05, 4.69) is 21.2 Å². The molecule has 104 valence electrons. The molecule has 1 unspecified atom stereocenters. The van der Waals surface area contributed by atoms with Crippen molar-refractivity contribution in [2.75, 3.05) is 13.2 Å². The zero-order valence-corrected chi connectivity index (χ0v) is 12.2. The molecule has 2 rings (SSSR count). The maximum atomic E-state index is 13.5. The molecule has 1 aromatic carbocycles. The highest BCUT2D eigenvalue weighted by molar-refractivity contribution is 9.10. The van der Waals surface area contributed by atoms with Gasteiger partial charge in [-0.25, -0.2) is 4.39 Å². The van der Waals surface area contributed by atoms with E-state index in [4.69, 9.17) is 4.74 Å². The minimum atomic E-state index is -0.247. The number of halogens is 2. The Balaban J connectivity index is 1.72. The second-order valence-electron chi connectivity index (χ2n) is 4.67. The fourth-order valence-electron chi connectivity index (χ4n) is 2.15. The number of hydrogen-bond acceptors (Lipinski definition) is 2. The van der Waals surface area contributed by atoms with E-state index in [1.54, 1.807) is 12.1 Å². The topological polar surface area (TPSA) is 38.3 Å². The van der Waals surface area contributed by atoms with Gasteiger partial charge in [-0.3, -0.25) is 4.79 Å². The van der Waals surface area contributed by atoms with Gasteiger partial charge in [0.2, 0.25) is 5.91 Å². The molecular weight excluding hydrogens is 313 g/mol. The number of rotatable bonds is 5. The van der Waals surface area contributed by atoms with Gasteiger partial charge in [0.25, 0.3) is 0 Å². The van der Waals surface area contributed by atoms with Crippen LogP contribution in [0.4, 0.5) is 4.39 Å². The van der Waals surface area contributed by atoms with Crippen LogP contribution in [0.5, 0.6) is 0 Å². The Morgan fingerprint density at radius 3 is 3.05 bits per heavy atom. The molecule has 1 fully saturated rings. The predicted octanol–water partition coefficient (Wildman–Crippen LogP) is 2.82. The van der Waals surface area contributed by atoms with Crippen LogP contribution >= 0.6 is 15.9 Å². The molecule has 1 atom stereocenters. The van der Waals surface area contributed by atoms with Crippen molar-refractivity contribution in [1.82, 2.24) is 5.32 Å². The highest BCUT2D eigenvalue weighted by Crippen LogP contribution is 2.16. The molecule has 1 saturated heterocycles. The molecule has 1 amide bonds. The summed E-state index contributed by atoms with van der Waals surface area (Å²) < 4.78 is 19.7. The molecule has 1 heterocycles. The van der Waals surface area contributed by atoms with Crippen molar-refractivity contribution in [1.29, 1.82) is 0 Å². The van der Waals surface area contributed by atoms with E-state index < -0.39 is 0 Å². The minimum absolute atomic E-state index is 0.0237. The quantitative estimate of drug-likeness (QED) is 0.902. The van der Waals surface area contributed by atoms with Gasteiger partial charge in [0.05, 0.1) is 12.5 Å². The summed E-state index contributed by atoms with van der Waals surface area (Å²) in [6.07, 6.45) is 2.94. The first-order valence-corrected chi connectivity index (χ1v) is 7.26. The van der Waals surface area contributed by atoms with Gasteiger partial charge in [0, 0.05) is 17.6 Å². The molecule has 0 aromatic heterocycles. The van der Waals surface area contributed by atoms with Crippen LogP contribution in [0.15, 0.2) is 22.7 Å². The van der Waals surface area contributed by atoms with Gasteiger partial charge in [-0.15, -0.1) is 0 Å². The lowest BCUT2D eigenvalue weighted by Crippen LogP contribution is -2.29. The second-order valence-corrected chi connectivity index (χ2v) is 5.59. The van der Waals surface area contributed by atoms with Crippen LogP contribution in [0.2, 0.25) is 0 Å². The Bertz CT molecular complexity index is 447. The Hall–Kier alpha value is -0.940. The van der Waals surface area contributed by atoms with Crippen molar-refractivity contribution in [3.63, 3.8) is 0 Å². The average Bonchev–Trinajstić information content (AvgIpc) is 2.84. The van der Waals surface area contributed by atoms with E-state index in [0.29, 0.717) is 24.9 Å². The largest absolute Gasteiger partial charge is 0.378 e. The summed E-state index contributed by atoms with van der Waals surface area (Å²) in [5, 5.41) is 2.80. The SMILES string of the molecule is O=C(CC1CCCO1)NCCc1ccc(Br)cc1F. The van der Waals surface area contributed by atoms with Crippen LogP contribution in [-0.2, 0) is 16.0 Å². The summed E-state index contributed by atoms with van der Waals surface area (Å²) in [7, 11) is 0. The number of carbonyl (C=O) groups excluding carboxylic acids is 1. The molecule has 0 radical (unpaired) electrons. The maximum Gasteiger partial charge on any atom is 0.222 e. The fourth-order valence-corrected chi connectivity index (χ4v) is 2.48. The number of amides is 1. The standard InChI is InChI=1S/C14H17BrFNO2/c15-11-4-3-10(13(16)8-11)5-6-17-14(18)9-12-2-1-7-19-12/h3-4,8,12H,1-2,5-7,9H2,(H,17,18). The molecular formula is C14H17BrFNO2. The number of ether oxygens (including phenoxy) is 1. The summed E-state index contributed by atoms with van der Waals surface area (Å²) in [4.78, 5) is 11.6. The highest BCUT2D eigenvalue weighted by Gasteiger charge is 2.18. The summed E-state index contributed by atoms with van der Waals surface area (Å²) in [6, 6.07) is 4.96. The monoisotopic (exact) mass is 329 g/mol. The molecule has 0 spiro atoms. The first kappa shape index (κ1) is 14.5. The lowest BCUT2D eigenvalue weighted by atomic mass is 10.1. The first-order chi connectivity index (χ1) is 9.15.